The maximum Gasteiger partial charge on any atom is 0.341 e. The fourth-order valence-corrected chi connectivity index (χ4v) is 17.0. The van der Waals surface area contributed by atoms with Gasteiger partial charge in [0.25, 0.3) is 0 Å². The smallest absolute Gasteiger partial charge is 0.341 e. The number of hydrogen-bond donors (Lipinski definition) is 22. The Morgan fingerprint density at radius 2 is 0.964 bits per heavy atom. The molecule has 1 aliphatic carbocycles. The van der Waals surface area contributed by atoms with Gasteiger partial charge in [-0.05, 0) is 135 Å². The van der Waals surface area contributed by atoms with Crippen LogP contribution in [-0.4, -0.2) is 278 Å². The number of primary amides is 1. The highest BCUT2D eigenvalue weighted by molar-refractivity contribution is 8.00. The van der Waals surface area contributed by atoms with Crippen LogP contribution in [0.3, 0.4) is 0 Å². The fourth-order valence-electron chi connectivity index (χ4n) is 16.2. The number of carboxylic acids is 2. The lowest BCUT2D eigenvalue weighted by atomic mass is 9.84. The van der Waals surface area contributed by atoms with Gasteiger partial charge in [0.2, 0.25) is 94.5 Å². The second-order valence-electron chi connectivity index (χ2n) is 36.9. The zero-order valence-electron chi connectivity index (χ0n) is 81.2. The first-order valence-electron chi connectivity index (χ1n) is 47.3. The van der Waals surface area contributed by atoms with Gasteiger partial charge in [-0.15, -0.1) is 11.8 Å². The first-order chi connectivity index (χ1) is 66.3. The minimum Gasteiger partial charge on any atom is -0.482 e. The van der Waals surface area contributed by atoms with Crippen LogP contribution in [-0.2, 0) is 106 Å². The number of carbonyl (C=O) groups is 18. The highest BCUT2D eigenvalue weighted by Crippen LogP contribution is 2.29. The van der Waals surface area contributed by atoms with Crippen molar-refractivity contribution in [2.75, 3.05) is 38.2 Å². The van der Waals surface area contributed by atoms with E-state index in [2.05, 4.69) is 79.4 Å². The van der Waals surface area contributed by atoms with E-state index in [0.29, 0.717) is 46.6 Å². The number of benzene rings is 4. The average Bonchev–Trinajstić information content (AvgIpc) is 1.74. The van der Waals surface area contributed by atoms with E-state index in [1.54, 1.807) is 110 Å². The van der Waals surface area contributed by atoms with Crippen LogP contribution in [0.5, 0.6) is 5.75 Å². The fraction of sp³-hybridized carbons (Fsp3) is 0.546. The van der Waals surface area contributed by atoms with Crippen molar-refractivity contribution in [3.05, 3.63) is 126 Å². The Hall–Kier alpha value is -13.1. The molecule has 18 atom stereocenters. The van der Waals surface area contributed by atoms with E-state index in [1.807, 2.05) is 30.3 Å². The lowest BCUT2D eigenvalue weighted by molar-refractivity contribution is -0.143. The molecule has 7 rings (SSSR count). The summed E-state index contributed by atoms with van der Waals surface area (Å²) in [7, 11) is 1.32. The van der Waals surface area contributed by atoms with E-state index in [1.165, 1.54) is 38.2 Å². The molecule has 1 aliphatic heterocycles. The third kappa shape index (κ3) is 35.0. The van der Waals surface area contributed by atoms with Crippen LogP contribution >= 0.6 is 11.8 Å². The van der Waals surface area contributed by atoms with E-state index >= 15 is 28.8 Å². The quantitative estimate of drug-likeness (QED) is 0.0287. The van der Waals surface area contributed by atoms with Gasteiger partial charge < -0.3 is 127 Å². The summed E-state index contributed by atoms with van der Waals surface area (Å²) in [6, 6.07) is 3.99. The first-order valence-corrected chi connectivity index (χ1v) is 48.5. The van der Waals surface area contributed by atoms with Gasteiger partial charge in [0.05, 0.1) is 24.4 Å². The number of thioether (sulfide) groups is 1. The molecule has 1 saturated heterocycles. The molecule has 25 N–H and O–H groups in total. The molecule has 2 aliphatic rings. The number of aliphatic hydroxyl groups is 2. The summed E-state index contributed by atoms with van der Waals surface area (Å²) in [4.78, 5) is 265. The van der Waals surface area contributed by atoms with Crippen molar-refractivity contribution in [1.29, 1.82) is 0 Å². The van der Waals surface area contributed by atoms with Crippen LogP contribution in [0.1, 0.15) is 163 Å². The summed E-state index contributed by atoms with van der Waals surface area (Å²) in [5, 5.41) is 79.4. The van der Waals surface area contributed by atoms with Crippen molar-refractivity contribution in [3.63, 3.8) is 0 Å². The van der Waals surface area contributed by atoms with Crippen molar-refractivity contribution in [2.45, 2.75) is 269 Å². The molecule has 42 nitrogen and oxygen atoms in total. The maximum atomic E-state index is 15.5. The van der Waals surface area contributed by atoms with Crippen LogP contribution in [0, 0.1) is 29.6 Å². The number of aromatic nitrogens is 1. The zero-order chi connectivity index (χ0) is 103. The second-order valence-corrected chi connectivity index (χ2v) is 38.0. The highest BCUT2D eigenvalue weighted by Gasteiger charge is 2.43. The number of aliphatic hydroxyl groups excluding tert-OH is 2. The van der Waals surface area contributed by atoms with E-state index in [0.717, 1.165) is 49.1 Å². The molecule has 0 bridgehead atoms. The summed E-state index contributed by atoms with van der Waals surface area (Å²) in [5.41, 5.74) is 20.9. The lowest BCUT2D eigenvalue weighted by Gasteiger charge is -2.33. The van der Waals surface area contributed by atoms with Crippen LogP contribution in [0.25, 0.3) is 22.0 Å². The number of nitrogens with one attached hydrogen (secondary N) is 15. The second kappa shape index (κ2) is 55.6. The molecule has 5 aromatic rings. The van der Waals surface area contributed by atoms with Gasteiger partial charge in [0.1, 0.15) is 96.4 Å². The molecule has 0 spiro atoms. The minimum atomic E-state index is -2.13. The number of nitrogens with two attached hydrogens (primary N) is 3. The molecule has 4 unspecified atom stereocenters. The van der Waals surface area contributed by atoms with Gasteiger partial charge in [-0.3, -0.25) is 81.5 Å². The van der Waals surface area contributed by atoms with Crippen LogP contribution < -0.4 is 96.4 Å². The Labute approximate surface area is 817 Å². The molecule has 43 heteroatoms. The molecule has 2 fully saturated rings. The molecule has 1 saturated carbocycles. The minimum absolute atomic E-state index is 0.0231. The Kier molecular flexibility index (Phi) is 45.2. The van der Waals surface area contributed by atoms with E-state index in [-0.39, 0.29) is 74.8 Å². The predicted molar refractivity (Wildman–Crippen MR) is 519 cm³/mol. The van der Waals surface area contributed by atoms with Crippen LogP contribution in [0.4, 0.5) is 0 Å². The van der Waals surface area contributed by atoms with Crippen molar-refractivity contribution < 1.29 is 111 Å². The Bertz CT molecular complexity index is 5100. The van der Waals surface area contributed by atoms with Crippen LogP contribution in [0.2, 0.25) is 0 Å². The number of amides is 16. The van der Waals surface area contributed by atoms with Gasteiger partial charge in [-0.25, -0.2) is 4.79 Å². The van der Waals surface area contributed by atoms with Crippen molar-refractivity contribution in [3.8, 4) is 16.9 Å². The highest BCUT2D eigenvalue weighted by atomic mass is 32.2. The molecule has 140 heavy (non-hydrogen) atoms. The third-order valence-electron chi connectivity index (χ3n) is 24.6. The van der Waals surface area contributed by atoms with Gasteiger partial charge in [-0.2, -0.15) is 0 Å². The molecular formula is C97H139N19O23S. The molecule has 4 aromatic carbocycles. The summed E-state index contributed by atoms with van der Waals surface area (Å²) in [6.45, 7) is 15.7. The van der Waals surface area contributed by atoms with Crippen molar-refractivity contribution in [1.82, 2.24) is 84.3 Å². The predicted octanol–water partition coefficient (Wildman–Crippen LogP) is -0.499. The Balaban J connectivity index is 1.33. The van der Waals surface area contributed by atoms with Gasteiger partial charge in [0.15, 0.2) is 6.61 Å². The number of carbonyl (C=O) groups excluding carboxylic acids is 16. The van der Waals surface area contributed by atoms with Crippen LogP contribution in [0.15, 0.2) is 109 Å². The molecular weight excluding hydrogens is 1830 g/mol. The number of hydrogen-bond acceptors (Lipinski definition) is 24. The summed E-state index contributed by atoms with van der Waals surface area (Å²) in [5.74, 6) is -23.5. The largest absolute Gasteiger partial charge is 0.482 e. The van der Waals surface area contributed by atoms with E-state index in [4.69, 9.17) is 21.9 Å². The summed E-state index contributed by atoms with van der Waals surface area (Å²) in [6.07, 6.45) is -0.770. The molecule has 766 valence electrons. The first kappa shape index (κ1) is 114. The number of aromatic amines is 1. The van der Waals surface area contributed by atoms with Gasteiger partial charge in [0, 0.05) is 49.2 Å². The molecule has 0 radical (unpaired) electrons. The number of ether oxygens (including phenoxy) is 1. The normalized spacial score (nSPS) is 24.4. The summed E-state index contributed by atoms with van der Waals surface area (Å²) >= 11 is 0.624. The number of fused-ring (bicyclic) bond motifs is 1. The van der Waals surface area contributed by atoms with Gasteiger partial charge in [-0.1, -0.05) is 179 Å². The number of H-pyrrole nitrogens is 1. The lowest BCUT2D eigenvalue weighted by Crippen LogP contribution is -2.63. The monoisotopic (exact) mass is 1970 g/mol. The zero-order valence-corrected chi connectivity index (χ0v) is 82.0. The standard InChI is InChI=1S/C97H139N19O23S/c1-13-53(8)80-97(138)116(12)54(9)84(125)104-68(40-50(2)3)86(127)103-67(37-39-99)85(126)105-70(41-57-22-16-14-17-23-57)89(130)113-79(52(6)7)94(135)115-82(56(11)118)96(137)110-74(92(133)102-66(36-38-98)83(100)124)48-140-49-75(119)111-81(55(10)117)95(136)109-69(43-59-30-34-63(35-31-59)139-47-77(122)123)87(128)107-73(45-76(120)121)88(129)106-72(44-62-46-101-65-27-21-20-26-64(62)65)91(132)112-78(51(4)5)93(134)108-71(90(131)114-80)42-58-28-32-61(33-29-58)60-24-18-15-19-25-60/h15,18-21,24-35,46,50-57,66-74,78-82,101,117-118H,13-14,16-17,22-23,36-45,47-49,98-99H2,1-12H3,(H2,100,124)(H,102,133)(H,103,127)(H,104,125)(H,105,126)(H,106,129)(H,107,128)(H,108,134)(H,109,136)(H,110,137)(H,111,119)(H,112,132)(H,113,130)(H,114,131)(H,115,135)(H,120,121)(H,122,123)/t53?,54-,55?,56?,66-,67-,68?,69-,70-,71-,72-,73-,74-,78-,79-,80-,81-,82-/m0/s1. The van der Waals surface area contributed by atoms with Crippen molar-refractivity contribution in [2.24, 2.45) is 46.8 Å². The van der Waals surface area contributed by atoms with Crippen molar-refractivity contribution >= 4 is 129 Å². The maximum absolute atomic E-state index is 15.5. The molecule has 1 aromatic heterocycles. The molecule has 16 amide bonds. The SMILES string of the molecule is CCC(C)[C@@H]1NC(=O)[C@H](Cc2ccc(-c3ccccc3)cc2)NC(=O)[C@H](C(C)C)NC(=O)[C@H](Cc2c[nH]c3ccccc23)NC(=O)[C@H](CC(=O)O)NC(=O)[C@H](Cc2ccc(OCC(=O)O)cc2)NC(=O)[C@H](C(C)O)NC(=O)CSC[C@@H](C(=O)N[C@@H](CCN)C(N)=O)NC(=O)[C@H](C(C)O)NC(=O)[C@H](C(C)C)NC(=O)[C@H](CC2CCCCC2)NC(=O)[C@H](CCN)NC(=O)C(CC(C)C)NC(=O)[C@H](C)N(C)C1=O. The summed E-state index contributed by atoms with van der Waals surface area (Å²) < 4.78 is 5.30. The third-order valence-corrected chi connectivity index (χ3v) is 25.6. The number of aliphatic carboxylic acids is 2. The molecule has 2 heterocycles. The van der Waals surface area contributed by atoms with E-state index in [9.17, 15) is 78.0 Å². The average molecular weight is 1970 g/mol. The topological polar surface area (TPSA) is 663 Å². The number of likely N-dealkylation sites (N-methyl/N-ethyl adjacent to an activating group) is 1. The number of nitrogens with zero attached hydrogens (tertiary/aromatic N) is 1. The van der Waals surface area contributed by atoms with E-state index < -0.39 is 264 Å². The number of rotatable bonds is 29. The van der Waals surface area contributed by atoms with Gasteiger partial charge >= 0.3 is 11.9 Å². The Morgan fingerprint density at radius 1 is 0.500 bits per heavy atom. The number of carboxylic acid groups (broad SMARTS) is 2. The Morgan fingerprint density at radius 3 is 1.51 bits per heavy atom. The number of para-hydroxylation sites is 1.